The molecule has 0 radical (unpaired) electrons. The van der Waals surface area contributed by atoms with Gasteiger partial charge in [0.1, 0.15) is 11.6 Å². The average Bonchev–Trinajstić information content (AvgIpc) is 2.93. The molecular weight excluding hydrogens is 445 g/mol. The Balaban J connectivity index is 0.00000168. The predicted octanol–water partition coefficient (Wildman–Crippen LogP) is -1.55. The molecule has 3 unspecified atom stereocenters. The summed E-state index contributed by atoms with van der Waals surface area (Å²) in [5.41, 5.74) is 0.295. The Hall–Kier alpha value is -1.12. The first-order valence-corrected chi connectivity index (χ1v) is 9.09. The summed E-state index contributed by atoms with van der Waals surface area (Å²) in [5.74, 6) is 0.547. The van der Waals surface area contributed by atoms with Gasteiger partial charge in [0.25, 0.3) is 0 Å². The molecule has 5 atom stereocenters. The fourth-order valence-corrected chi connectivity index (χ4v) is 6.34. The number of aliphatic hydroxyl groups is 1. The predicted molar refractivity (Wildman–Crippen MR) is 91.6 cm³/mol. The maximum atomic E-state index is 12.7. The van der Waals surface area contributed by atoms with Gasteiger partial charge in [-0.1, -0.05) is 12.6 Å². The number of aromatic hydroxyl groups is 1. The molecule has 2 fully saturated rings. The zero-order valence-corrected chi connectivity index (χ0v) is 17.0. The second-order valence-corrected chi connectivity index (χ2v) is 8.45. The number of phenolic OH excluding ortho intramolecular Hbond substituents is 1. The summed E-state index contributed by atoms with van der Waals surface area (Å²) >= 11 is 0. The standard InChI is InChI=1S/C20H23NO4.HI/c1-3-9-21(2)10-8-19-16-12-4-5-13(22)17(16)25-18(19)14(23)6-7-20(19,24)15(21)11-12;/h3-5,15,18,24H,1,6-11H2,2H3;1H/t15?,18?,19-,20+,21?;/m0./s1. The quantitative estimate of drug-likeness (QED) is 0.313. The van der Waals surface area contributed by atoms with E-state index in [4.69, 9.17) is 4.74 Å². The minimum absolute atomic E-state index is 0. The molecule has 2 N–H and O–H groups in total. The molecule has 0 amide bonds. The third-order valence-corrected chi connectivity index (χ3v) is 7.45. The number of Topliss-reactive ketones (excluding diaryl/α,β-unsaturated/α-hetero) is 1. The molecule has 6 heteroatoms. The first kappa shape index (κ1) is 18.3. The number of carbonyl (C=O) groups excluding carboxylic acids is 1. The van der Waals surface area contributed by atoms with Crippen LogP contribution in [0.5, 0.6) is 11.5 Å². The van der Waals surface area contributed by atoms with E-state index in [1.807, 2.05) is 12.1 Å². The van der Waals surface area contributed by atoms with E-state index in [9.17, 15) is 15.0 Å². The number of piperidine rings is 1. The van der Waals surface area contributed by atoms with E-state index < -0.39 is 17.1 Å². The van der Waals surface area contributed by atoms with E-state index in [1.165, 1.54) is 0 Å². The van der Waals surface area contributed by atoms with Gasteiger partial charge in [0, 0.05) is 24.8 Å². The number of benzene rings is 1. The summed E-state index contributed by atoms with van der Waals surface area (Å²) in [6.45, 7) is 5.57. The van der Waals surface area contributed by atoms with Crippen molar-refractivity contribution in [2.24, 2.45) is 0 Å². The molecule has 140 valence electrons. The highest BCUT2D eigenvalue weighted by atomic mass is 127. The van der Waals surface area contributed by atoms with Crippen LogP contribution >= 0.6 is 0 Å². The minimum atomic E-state index is -0.992. The van der Waals surface area contributed by atoms with Gasteiger partial charge < -0.3 is 43.4 Å². The Bertz CT molecular complexity index is 826. The van der Waals surface area contributed by atoms with Crippen molar-refractivity contribution in [1.82, 2.24) is 0 Å². The molecule has 1 aromatic rings. The van der Waals surface area contributed by atoms with Crippen molar-refractivity contribution in [3.8, 4) is 11.5 Å². The Kier molecular flexibility index (Phi) is 3.83. The zero-order chi connectivity index (χ0) is 17.6. The van der Waals surface area contributed by atoms with Crippen molar-refractivity contribution >= 4 is 5.78 Å². The van der Waals surface area contributed by atoms with Crippen LogP contribution in [0.25, 0.3) is 0 Å². The number of ketones is 1. The number of hydrogen-bond acceptors (Lipinski definition) is 4. The van der Waals surface area contributed by atoms with Crippen molar-refractivity contribution < 1.29 is 48.2 Å². The van der Waals surface area contributed by atoms with Crippen molar-refractivity contribution in [3.05, 3.63) is 35.9 Å². The number of halogens is 1. The highest BCUT2D eigenvalue weighted by Gasteiger charge is 2.76. The molecule has 2 heterocycles. The number of rotatable bonds is 2. The Morgan fingerprint density at radius 2 is 2.19 bits per heavy atom. The van der Waals surface area contributed by atoms with Crippen LogP contribution in [0.15, 0.2) is 24.8 Å². The van der Waals surface area contributed by atoms with Crippen LogP contribution in [0.2, 0.25) is 0 Å². The lowest BCUT2D eigenvalue weighted by Crippen LogP contribution is -3.00. The van der Waals surface area contributed by atoms with Gasteiger partial charge in [-0.15, -0.1) is 0 Å². The molecular formula is C20H24INO4. The number of hydrogen-bond donors (Lipinski definition) is 2. The van der Waals surface area contributed by atoms with Gasteiger partial charge in [0.05, 0.1) is 25.6 Å². The van der Waals surface area contributed by atoms with Crippen LogP contribution in [-0.4, -0.2) is 58.4 Å². The summed E-state index contributed by atoms with van der Waals surface area (Å²) in [7, 11) is 2.19. The molecule has 1 spiro atoms. The third-order valence-electron chi connectivity index (χ3n) is 7.45. The van der Waals surface area contributed by atoms with E-state index in [0.29, 0.717) is 25.0 Å². The van der Waals surface area contributed by atoms with Gasteiger partial charge in [-0.05, 0) is 24.1 Å². The molecule has 5 nitrogen and oxygen atoms in total. The molecule has 5 rings (SSSR count). The number of phenols is 1. The van der Waals surface area contributed by atoms with Crippen LogP contribution in [0, 0.1) is 0 Å². The van der Waals surface area contributed by atoms with Gasteiger partial charge in [0.2, 0.25) is 0 Å². The number of quaternary nitrogens is 1. The van der Waals surface area contributed by atoms with Crippen LogP contribution < -0.4 is 28.7 Å². The molecule has 2 aliphatic carbocycles. The van der Waals surface area contributed by atoms with Gasteiger partial charge in [-0.2, -0.15) is 0 Å². The lowest BCUT2D eigenvalue weighted by Gasteiger charge is -2.64. The summed E-state index contributed by atoms with van der Waals surface area (Å²) < 4.78 is 6.76. The normalized spacial score (nSPS) is 41.7. The van der Waals surface area contributed by atoms with E-state index >= 15 is 0 Å². The molecule has 1 saturated heterocycles. The first-order chi connectivity index (χ1) is 11.9. The number of nitrogens with zero attached hydrogens (tertiary/aromatic N) is 1. The number of likely N-dealkylation sites (tertiary alicyclic amines) is 1. The zero-order valence-electron chi connectivity index (χ0n) is 14.9. The van der Waals surface area contributed by atoms with Crippen molar-refractivity contribution in [2.75, 3.05) is 20.1 Å². The van der Waals surface area contributed by atoms with E-state index in [0.717, 1.165) is 35.1 Å². The largest absolute Gasteiger partial charge is 1.00 e. The molecule has 1 aromatic carbocycles. The Morgan fingerprint density at radius 1 is 1.42 bits per heavy atom. The smallest absolute Gasteiger partial charge is 0.174 e. The van der Waals surface area contributed by atoms with Gasteiger partial charge in [0.15, 0.2) is 23.4 Å². The van der Waals surface area contributed by atoms with Crippen LogP contribution in [0.1, 0.15) is 30.4 Å². The van der Waals surface area contributed by atoms with Crippen molar-refractivity contribution in [2.45, 2.75) is 48.8 Å². The second kappa shape index (κ2) is 5.45. The van der Waals surface area contributed by atoms with Crippen molar-refractivity contribution in [3.63, 3.8) is 0 Å². The molecule has 2 bridgehead atoms. The highest BCUT2D eigenvalue weighted by molar-refractivity contribution is 5.90. The molecule has 0 aromatic heterocycles. The summed E-state index contributed by atoms with van der Waals surface area (Å²) in [4.78, 5) is 12.7. The SMILES string of the molecule is C=CC[N+]1(C)CC[C@]23c4c5ccc(O)c4OC2C(=O)CC[C@@]3(O)C1C5.[I-]. The Labute approximate surface area is 170 Å². The maximum absolute atomic E-state index is 12.7. The molecule has 2 aliphatic heterocycles. The number of ether oxygens (including phenoxy) is 1. The minimum Gasteiger partial charge on any atom is -1.00 e. The fourth-order valence-electron chi connectivity index (χ4n) is 6.34. The number of carbonyl (C=O) groups is 1. The highest BCUT2D eigenvalue weighted by Crippen LogP contribution is 2.65. The van der Waals surface area contributed by atoms with Crippen LogP contribution in [0.4, 0.5) is 0 Å². The molecule has 4 aliphatic rings. The fraction of sp³-hybridized carbons (Fsp3) is 0.550. The number of likely N-dealkylation sites (N-methyl/N-ethyl adjacent to an activating group) is 1. The van der Waals surface area contributed by atoms with Crippen LogP contribution in [0.3, 0.4) is 0 Å². The first-order valence-electron chi connectivity index (χ1n) is 9.09. The Morgan fingerprint density at radius 3 is 2.92 bits per heavy atom. The van der Waals surface area contributed by atoms with Crippen molar-refractivity contribution in [1.29, 1.82) is 0 Å². The third kappa shape index (κ3) is 1.81. The van der Waals surface area contributed by atoms with Crippen LogP contribution in [-0.2, 0) is 16.6 Å². The van der Waals surface area contributed by atoms with E-state index in [2.05, 4.69) is 13.6 Å². The lowest BCUT2D eigenvalue weighted by molar-refractivity contribution is -0.944. The summed E-state index contributed by atoms with van der Waals surface area (Å²) in [6, 6.07) is 3.60. The van der Waals surface area contributed by atoms with E-state index in [1.54, 1.807) is 6.07 Å². The van der Waals surface area contributed by atoms with Gasteiger partial charge in [-0.25, -0.2) is 0 Å². The molecule has 26 heavy (non-hydrogen) atoms. The molecule has 1 saturated carbocycles. The average molecular weight is 469 g/mol. The second-order valence-electron chi connectivity index (χ2n) is 8.45. The maximum Gasteiger partial charge on any atom is 0.174 e. The monoisotopic (exact) mass is 469 g/mol. The topological polar surface area (TPSA) is 66.8 Å². The van der Waals surface area contributed by atoms with E-state index in [-0.39, 0.29) is 41.6 Å². The summed E-state index contributed by atoms with van der Waals surface area (Å²) in [6.07, 6.45) is 3.47. The summed E-state index contributed by atoms with van der Waals surface area (Å²) in [5, 5.41) is 22.3. The lowest BCUT2D eigenvalue weighted by atomic mass is 9.48. The van der Waals surface area contributed by atoms with Gasteiger partial charge >= 0.3 is 0 Å². The van der Waals surface area contributed by atoms with Gasteiger partial charge in [-0.3, -0.25) is 4.79 Å².